The minimum Gasteiger partial charge on any atom is -0.395 e. The molecule has 10 heavy (non-hydrogen) atoms. The summed E-state index contributed by atoms with van der Waals surface area (Å²) in [7, 11) is 3.99. The molecule has 1 N–H and O–H groups in total. The zero-order chi connectivity index (χ0) is 7.28. The van der Waals surface area contributed by atoms with Crippen LogP contribution in [0.1, 0.15) is 19.8 Å². The molecule has 1 atom stereocenters. The Balaban J connectivity index is 0. The van der Waals surface area contributed by atoms with Gasteiger partial charge in [-0.25, -0.2) is 0 Å². The van der Waals surface area contributed by atoms with Crippen LogP contribution < -0.4 is 0 Å². The molecule has 0 aliphatic heterocycles. The van der Waals surface area contributed by atoms with E-state index < -0.39 is 0 Å². The van der Waals surface area contributed by atoms with E-state index in [4.69, 9.17) is 5.11 Å². The summed E-state index contributed by atoms with van der Waals surface area (Å²) in [6, 6.07) is 0.356. The summed E-state index contributed by atoms with van der Waals surface area (Å²) in [5, 5.41) is 8.79. The molecule has 0 heterocycles. The molecule has 0 aromatic rings. The standard InChI is InChI=1S/C7H17NO.Y/c1-4-5-7(6-9)8(2)3;/h7,9H,4-6H2,1-3H3;. The van der Waals surface area contributed by atoms with Gasteiger partial charge in [0, 0.05) is 38.8 Å². The third kappa shape index (κ3) is 5.78. The van der Waals surface area contributed by atoms with Gasteiger partial charge in [-0.1, -0.05) is 13.3 Å². The fourth-order valence-corrected chi connectivity index (χ4v) is 0.846. The van der Waals surface area contributed by atoms with Gasteiger partial charge in [-0.05, 0) is 20.5 Å². The molecule has 59 valence electrons. The van der Waals surface area contributed by atoms with Gasteiger partial charge in [-0.15, -0.1) is 0 Å². The molecule has 0 aliphatic carbocycles. The maximum atomic E-state index is 8.79. The van der Waals surface area contributed by atoms with Crippen LogP contribution in [0.25, 0.3) is 0 Å². The van der Waals surface area contributed by atoms with Crippen molar-refractivity contribution in [3.05, 3.63) is 0 Å². The third-order valence-electron chi connectivity index (χ3n) is 1.56. The largest absolute Gasteiger partial charge is 0.395 e. The van der Waals surface area contributed by atoms with Crippen LogP contribution in [0.15, 0.2) is 0 Å². The second-order valence-corrected chi connectivity index (χ2v) is 2.59. The first-order valence-corrected chi connectivity index (χ1v) is 3.49. The fourth-order valence-electron chi connectivity index (χ4n) is 0.846. The van der Waals surface area contributed by atoms with E-state index in [2.05, 4.69) is 11.8 Å². The summed E-state index contributed by atoms with van der Waals surface area (Å²) in [5.74, 6) is 0. The number of rotatable bonds is 4. The van der Waals surface area contributed by atoms with Crippen molar-refractivity contribution in [2.45, 2.75) is 25.8 Å². The average Bonchev–Trinajstić information content (AvgIpc) is 1.82. The van der Waals surface area contributed by atoms with Crippen LogP contribution in [0.4, 0.5) is 0 Å². The Bertz CT molecular complexity index is 68.6. The van der Waals surface area contributed by atoms with Gasteiger partial charge in [-0.3, -0.25) is 0 Å². The van der Waals surface area contributed by atoms with Crippen LogP contribution in [0.3, 0.4) is 0 Å². The molecule has 3 heteroatoms. The van der Waals surface area contributed by atoms with Gasteiger partial charge in [0.25, 0.3) is 0 Å². The molecular weight excluding hydrogens is 203 g/mol. The summed E-state index contributed by atoms with van der Waals surface area (Å²) in [6.45, 7) is 2.41. The summed E-state index contributed by atoms with van der Waals surface area (Å²) >= 11 is 0. The van der Waals surface area contributed by atoms with Gasteiger partial charge in [0.15, 0.2) is 0 Å². The van der Waals surface area contributed by atoms with E-state index in [1.807, 2.05) is 14.1 Å². The van der Waals surface area contributed by atoms with Gasteiger partial charge in [0.1, 0.15) is 0 Å². The SMILES string of the molecule is CCCC(CO)N(C)C.[Y]. The molecule has 0 amide bonds. The molecule has 0 aromatic heterocycles. The number of aliphatic hydroxyl groups excluding tert-OH is 1. The molecular formula is C7H17NOY. The van der Waals surface area contributed by atoms with Crippen molar-refractivity contribution in [2.75, 3.05) is 20.7 Å². The molecule has 0 saturated heterocycles. The molecule has 0 saturated carbocycles. The van der Waals surface area contributed by atoms with E-state index in [0.717, 1.165) is 12.8 Å². The third-order valence-corrected chi connectivity index (χ3v) is 1.56. The van der Waals surface area contributed by atoms with E-state index in [1.165, 1.54) is 0 Å². The maximum Gasteiger partial charge on any atom is 0.0586 e. The number of aliphatic hydroxyl groups is 1. The van der Waals surface area contributed by atoms with Crippen LogP contribution in [-0.4, -0.2) is 36.8 Å². The average molecular weight is 220 g/mol. The Kier molecular flexibility index (Phi) is 11.1. The topological polar surface area (TPSA) is 23.5 Å². The molecule has 1 radical (unpaired) electrons. The molecule has 0 bridgehead atoms. The van der Waals surface area contributed by atoms with E-state index in [9.17, 15) is 0 Å². The zero-order valence-electron chi connectivity index (χ0n) is 7.17. The molecule has 1 unspecified atom stereocenters. The van der Waals surface area contributed by atoms with Crippen molar-refractivity contribution in [3.8, 4) is 0 Å². The molecule has 2 nitrogen and oxygen atoms in total. The monoisotopic (exact) mass is 220 g/mol. The summed E-state index contributed by atoms with van der Waals surface area (Å²) in [6.07, 6.45) is 2.23. The van der Waals surface area contributed by atoms with Gasteiger partial charge in [0.05, 0.1) is 6.61 Å². The number of likely N-dealkylation sites (N-methyl/N-ethyl adjacent to an activating group) is 1. The van der Waals surface area contributed by atoms with Crippen molar-refractivity contribution in [1.82, 2.24) is 4.90 Å². The van der Waals surface area contributed by atoms with E-state index in [-0.39, 0.29) is 39.3 Å². The van der Waals surface area contributed by atoms with E-state index >= 15 is 0 Å². The van der Waals surface area contributed by atoms with Gasteiger partial charge >= 0.3 is 0 Å². The molecule has 0 aromatic carbocycles. The van der Waals surface area contributed by atoms with Gasteiger partial charge < -0.3 is 10.0 Å². The van der Waals surface area contributed by atoms with Crippen molar-refractivity contribution in [3.63, 3.8) is 0 Å². The van der Waals surface area contributed by atoms with Crippen molar-refractivity contribution < 1.29 is 37.8 Å². The predicted octanol–water partition coefficient (Wildman–Crippen LogP) is 0.707. The van der Waals surface area contributed by atoms with Crippen LogP contribution in [-0.2, 0) is 32.7 Å². The van der Waals surface area contributed by atoms with E-state index in [1.54, 1.807) is 0 Å². The Morgan fingerprint density at radius 1 is 1.40 bits per heavy atom. The van der Waals surface area contributed by atoms with Crippen molar-refractivity contribution in [2.24, 2.45) is 0 Å². The van der Waals surface area contributed by atoms with Crippen LogP contribution in [0, 0.1) is 0 Å². The Hall–Kier alpha value is 1.02. The predicted molar refractivity (Wildman–Crippen MR) is 39.5 cm³/mol. The molecule has 0 rings (SSSR count). The van der Waals surface area contributed by atoms with Crippen LogP contribution in [0.2, 0.25) is 0 Å². The first kappa shape index (κ1) is 13.6. The Labute approximate surface area is 88.9 Å². The molecule has 0 fully saturated rings. The van der Waals surface area contributed by atoms with E-state index in [0.29, 0.717) is 6.04 Å². The first-order valence-electron chi connectivity index (χ1n) is 3.49. The minimum absolute atomic E-state index is 0. The number of hydrogen-bond donors (Lipinski definition) is 1. The van der Waals surface area contributed by atoms with Crippen molar-refractivity contribution >= 4 is 0 Å². The Morgan fingerprint density at radius 3 is 2.00 bits per heavy atom. The summed E-state index contributed by atoms with van der Waals surface area (Å²) in [4.78, 5) is 2.06. The minimum atomic E-state index is 0. The van der Waals surface area contributed by atoms with Crippen LogP contribution >= 0.6 is 0 Å². The number of nitrogens with zero attached hydrogens (tertiary/aromatic N) is 1. The quantitative estimate of drug-likeness (QED) is 0.754. The second-order valence-electron chi connectivity index (χ2n) is 2.59. The van der Waals surface area contributed by atoms with Crippen molar-refractivity contribution in [1.29, 1.82) is 0 Å². The fraction of sp³-hybridized carbons (Fsp3) is 1.00. The van der Waals surface area contributed by atoms with Gasteiger partial charge in [0.2, 0.25) is 0 Å². The van der Waals surface area contributed by atoms with Crippen LogP contribution in [0.5, 0.6) is 0 Å². The Morgan fingerprint density at radius 2 is 1.90 bits per heavy atom. The smallest absolute Gasteiger partial charge is 0.0586 e. The normalized spacial score (nSPS) is 12.9. The number of hydrogen-bond acceptors (Lipinski definition) is 2. The summed E-state index contributed by atoms with van der Waals surface area (Å²) < 4.78 is 0. The summed E-state index contributed by atoms with van der Waals surface area (Å²) in [5.41, 5.74) is 0. The molecule has 0 spiro atoms. The molecule has 0 aliphatic rings. The maximum absolute atomic E-state index is 8.79. The second kappa shape index (κ2) is 8.12. The first-order chi connectivity index (χ1) is 4.22. The zero-order valence-corrected chi connectivity index (χ0v) is 10.0. The van der Waals surface area contributed by atoms with Gasteiger partial charge in [-0.2, -0.15) is 0 Å².